The first-order valence-electron chi connectivity index (χ1n) is 40.0. The number of carboxylic acid groups (broad SMARTS) is 1. The molecule has 0 unspecified atom stereocenters. The van der Waals surface area contributed by atoms with Crippen LogP contribution in [0.25, 0.3) is 33.4 Å². The number of rotatable bonds is 46. The quantitative estimate of drug-likeness (QED) is 0.0106. The predicted octanol–water partition coefficient (Wildman–Crippen LogP) is 10.8. The molecule has 6 amide bonds. The molecule has 0 fully saturated rings. The highest BCUT2D eigenvalue weighted by Gasteiger charge is 2.35. The number of fused-ring (bicyclic) bond motifs is 9. The molecule has 0 bridgehead atoms. The Hall–Kier alpha value is -11.0. The van der Waals surface area contributed by atoms with Gasteiger partial charge in [-0.2, -0.15) is 0 Å². The van der Waals surface area contributed by atoms with E-state index in [0.717, 1.165) is 44.5 Å². The average molecular weight is 1640 g/mol. The number of aliphatic carboxylic acids is 1. The first-order chi connectivity index (χ1) is 56.7. The number of Topliss-reactive ketones (excluding diaryl/α,β-unsaturated/α-hetero) is 2. The van der Waals surface area contributed by atoms with Gasteiger partial charge in [-0.05, 0) is 148 Å². The molecule has 638 valence electrons. The maximum Gasteiger partial charge on any atom is 0.407 e. The summed E-state index contributed by atoms with van der Waals surface area (Å²) in [7, 11) is 0. The smallest absolute Gasteiger partial charge is 0.407 e. The van der Waals surface area contributed by atoms with Crippen molar-refractivity contribution in [1.82, 2.24) is 31.9 Å². The molecule has 29 heteroatoms. The number of ether oxygens (including phenoxy) is 11. The van der Waals surface area contributed by atoms with Crippen LogP contribution in [0, 0.1) is 0 Å². The Morgan fingerprint density at radius 1 is 0.347 bits per heavy atom. The number of nitrogens with one attached hydrogen (secondary N) is 6. The normalized spacial score (nSPS) is 12.7. The summed E-state index contributed by atoms with van der Waals surface area (Å²) in [4.78, 5) is 133. The zero-order valence-corrected chi connectivity index (χ0v) is 68.8. The van der Waals surface area contributed by atoms with Crippen LogP contribution in [0.15, 0.2) is 146 Å². The summed E-state index contributed by atoms with van der Waals surface area (Å²) < 4.78 is 58.8. The van der Waals surface area contributed by atoms with E-state index in [1.54, 1.807) is 41.5 Å². The number of amides is 6. The van der Waals surface area contributed by atoms with Crippen molar-refractivity contribution in [1.29, 1.82) is 0 Å². The van der Waals surface area contributed by atoms with Gasteiger partial charge in [-0.25, -0.2) is 24.0 Å². The molecule has 6 aromatic rings. The molecule has 0 aliphatic heterocycles. The van der Waals surface area contributed by atoms with Crippen LogP contribution in [0.4, 0.5) is 14.4 Å². The Kier molecular flexibility index (Phi) is 39.9. The molecule has 0 saturated carbocycles. The molecule has 3 aliphatic rings. The molecule has 0 saturated heterocycles. The summed E-state index contributed by atoms with van der Waals surface area (Å²) in [6, 6.07) is 46.1. The second kappa shape index (κ2) is 50.0. The molecule has 0 heterocycles. The second-order valence-corrected chi connectivity index (χ2v) is 29.8. The highest BCUT2D eigenvalue weighted by molar-refractivity contribution is 5.86. The highest BCUT2D eigenvalue weighted by atomic mass is 16.6. The number of alkyl carbamates (subject to hydrolysis) is 3. The van der Waals surface area contributed by atoms with Gasteiger partial charge in [0.05, 0.1) is 39.6 Å². The summed E-state index contributed by atoms with van der Waals surface area (Å²) in [6.07, 6.45) is -0.657. The Morgan fingerprint density at radius 2 is 0.653 bits per heavy atom. The number of hydrogen-bond donors (Lipinski definition) is 7. The van der Waals surface area contributed by atoms with Crippen LogP contribution in [-0.2, 0) is 90.5 Å². The number of benzene rings is 6. The second-order valence-electron chi connectivity index (χ2n) is 29.8. The maximum absolute atomic E-state index is 12.9. The van der Waals surface area contributed by atoms with Gasteiger partial charge in [-0.1, -0.05) is 146 Å². The summed E-state index contributed by atoms with van der Waals surface area (Å²) in [6.45, 7) is 18.2. The molecule has 0 radical (unpaired) electrons. The first kappa shape index (κ1) is 94.2. The fourth-order valence-corrected chi connectivity index (χ4v) is 13.1. The third-order valence-electron chi connectivity index (χ3n) is 18.4. The molecule has 6 aromatic carbocycles. The van der Waals surface area contributed by atoms with Gasteiger partial charge in [0, 0.05) is 82.8 Å². The van der Waals surface area contributed by atoms with E-state index in [0.29, 0.717) is 71.7 Å². The monoisotopic (exact) mass is 1630 g/mol. The van der Waals surface area contributed by atoms with Gasteiger partial charge in [0.15, 0.2) is 11.6 Å². The lowest BCUT2D eigenvalue weighted by Crippen LogP contribution is -2.45. The van der Waals surface area contributed by atoms with Gasteiger partial charge in [0.2, 0.25) is 17.7 Å². The van der Waals surface area contributed by atoms with Crippen molar-refractivity contribution in [2.75, 3.05) is 125 Å². The van der Waals surface area contributed by atoms with Crippen molar-refractivity contribution >= 4 is 65.5 Å². The van der Waals surface area contributed by atoms with Crippen LogP contribution in [-0.4, -0.2) is 219 Å². The number of carbonyl (C=O) groups excluding carboxylic acids is 10. The van der Waals surface area contributed by atoms with Crippen LogP contribution >= 0.6 is 0 Å². The van der Waals surface area contributed by atoms with E-state index in [4.69, 9.17) is 57.2 Å². The van der Waals surface area contributed by atoms with Crippen molar-refractivity contribution in [2.24, 2.45) is 0 Å². The minimum atomic E-state index is -1.11. The minimum absolute atomic E-state index is 0.00113. The summed E-state index contributed by atoms with van der Waals surface area (Å²) in [5.74, 6) is -3.49. The SMILES string of the molecule is CC(C)(C)OC(=O)[C@H](CCC(=O)O)NC(=O)OCC1c2ccccc2-c2ccccc21.CCOCC(=O)CCCNC(=O)COCCOCCNC(=O)CC[C@H](NC(=O)OCC1c2ccccc2-c2ccccc21)C(=O)OC(C)(C)C.CCOCC(=O)CCCNC(=O)COCCOCCNC(=O)OCC1c2ccccc2-c2ccccc21. The molecule has 29 nitrogen and oxygen atoms in total. The molecule has 2 atom stereocenters. The molecule has 0 aromatic heterocycles. The van der Waals surface area contributed by atoms with Gasteiger partial charge >= 0.3 is 36.2 Å². The van der Waals surface area contributed by atoms with E-state index in [2.05, 4.69) is 56.2 Å². The van der Waals surface area contributed by atoms with Crippen molar-refractivity contribution in [2.45, 2.75) is 148 Å². The van der Waals surface area contributed by atoms with Gasteiger partial charge in [-0.3, -0.25) is 28.8 Å². The van der Waals surface area contributed by atoms with Crippen molar-refractivity contribution < 1.29 is 110 Å². The van der Waals surface area contributed by atoms with Crippen LogP contribution in [0.5, 0.6) is 0 Å². The van der Waals surface area contributed by atoms with Crippen LogP contribution < -0.4 is 31.9 Å². The summed E-state index contributed by atoms with van der Waals surface area (Å²) >= 11 is 0. The summed E-state index contributed by atoms with van der Waals surface area (Å²) in [5.41, 5.74) is 11.9. The average Bonchev–Trinajstić information content (AvgIpc) is 1.63. The van der Waals surface area contributed by atoms with Crippen LogP contribution in [0.1, 0.15) is 158 Å². The Bertz CT molecular complexity index is 4130. The van der Waals surface area contributed by atoms with Crippen LogP contribution in [0.2, 0.25) is 0 Å². The van der Waals surface area contributed by atoms with Gasteiger partial charge in [-0.15, -0.1) is 0 Å². The lowest BCUT2D eigenvalue weighted by Gasteiger charge is -2.24. The van der Waals surface area contributed by atoms with E-state index >= 15 is 0 Å². The van der Waals surface area contributed by atoms with E-state index in [9.17, 15) is 52.7 Å². The molecule has 3 aliphatic carbocycles. The third kappa shape index (κ3) is 32.9. The largest absolute Gasteiger partial charge is 0.481 e. The topological polar surface area (TPSA) is 382 Å². The lowest BCUT2D eigenvalue weighted by atomic mass is 9.98. The van der Waals surface area contributed by atoms with E-state index in [1.807, 2.05) is 135 Å². The van der Waals surface area contributed by atoms with Gasteiger partial charge < -0.3 is 89.1 Å². The fourth-order valence-electron chi connectivity index (χ4n) is 13.1. The zero-order chi connectivity index (χ0) is 85.2. The van der Waals surface area contributed by atoms with Crippen molar-refractivity contribution in [3.63, 3.8) is 0 Å². The van der Waals surface area contributed by atoms with Gasteiger partial charge in [0.25, 0.3) is 0 Å². The van der Waals surface area contributed by atoms with Crippen molar-refractivity contribution in [3.05, 3.63) is 179 Å². The maximum atomic E-state index is 12.9. The number of hydrogen-bond acceptors (Lipinski definition) is 22. The Morgan fingerprint density at radius 3 is 0.983 bits per heavy atom. The number of carbonyl (C=O) groups is 11. The van der Waals surface area contributed by atoms with Crippen molar-refractivity contribution in [3.8, 4) is 33.4 Å². The standard InChI is InChI=1S/C37H51N3O10.C28H36N2O7.C24H27NO6/c1-5-46-23-26(41)11-10-18-38-34(43)25-48-22-21-47-20-19-39-33(42)17-16-32(35(44)50-37(2,3)4)40-36(45)49-24-31-29-14-8-6-12-27(29)28-13-7-9-15-30(28)31;1-2-34-18-21(31)8-7-13-29-27(32)20-36-17-16-35-15-14-30-28(33)37-19-26-24-11-5-3-9-22(24)23-10-4-6-12-25(23)26;1-24(2,3)31-22(28)20(12-13-21(26)27)25-23(29)30-14-19-17-10-6-4-8-15(17)16-9-5-7-11-18(16)19/h6-9,12-15,31-32H,5,10-11,16-25H2,1-4H3,(H,38,43)(H,39,42)(H,40,45);3-6,9-12,26H,2,7-8,13-20H2,1H3,(H,29,32)(H,30,33);4-11,19-20H,12-14H2,1-3H3,(H,25,29)(H,26,27)/t32-;;20-/m0.0/s1. The minimum Gasteiger partial charge on any atom is -0.481 e. The van der Waals surface area contributed by atoms with Gasteiger partial charge in [0.1, 0.15) is 69.5 Å². The highest BCUT2D eigenvalue weighted by Crippen LogP contribution is 2.47. The molecular formula is C89H114N6O23. The summed E-state index contributed by atoms with van der Waals surface area (Å²) in [5, 5.41) is 24.8. The fraction of sp³-hybridized carbons (Fsp3) is 0.472. The molecule has 9 rings (SSSR count). The number of ketones is 2. The lowest BCUT2D eigenvalue weighted by molar-refractivity contribution is -0.158. The number of carboxylic acids is 1. The zero-order valence-electron chi connectivity index (χ0n) is 68.8. The van der Waals surface area contributed by atoms with E-state index in [1.165, 1.54) is 22.3 Å². The van der Waals surface area contributed by atoms with E-state index < -0.39 is 59.5 Å². The molecule has 7 N–H and O–H groups in total. The number of esters is 2. The van der Waals surface area contributed by atoms with Crippen LogP contribution in [0.3, 0.4) is 0 Å². The third-order valence-corrected chi connectivity index (χ3v) is 18.4. The predicted molar refractivity (Wildman–Crippen MR) is 439 cm³/mol. The first-order valence-corrected chi connectivity index (χ1v) is 40.0. The Labute approximate surface area is 689 Å². The molecular weight excluding hydrogens is 1520 g/mol. The molecule has 118 heavy (non-hydrogen) atoms. The Balaban J connectivity index is 0.000000252. The molecule has 0 spiro atoms. The van der Waals surface area contributed by atoms with E-state index in [-0.39, 0.29) is 152 Å².